The Kier molecular flexibility index (Phi) is 32.1. The highest BCUT2D eigenvalue weighted by atomic mass is 31.2. The van der Waals surface area contributed by atoms with E-state index in [0.717, 1.165) is 38.5 Å². The fourth-order valence-corrected chi connectivity index (χ4v) is 7.30. The molecule has 0 aromatic carbocycles. The Bertz CT molecular complexity index is 1190. The number of rotatable bonds is 38. The average Bonchev–Trinajstić information content (AvgIpc) is 3.55. The summed E-state index contributed by atoms with van der Waals surface area (Å²) in [5.74, 6) is -1.35. The van der Waals surface area contributed by atoms with Crippen LogP contribution in [0.3, 0.4) is 0 Å². The van der Waals surface area contributed by atoms with E-state index < -0.39 is 57.9 Å². The Balaban J connectivity index is 2.43. The summed E-state index contributed by atoms with van der Waals surface area (Å²) in [7, 11) is -4.67. The zero-order chi connectivity index (χ0) is 42.0. The molecule has 0 fully saturated rings. The number of hydrogen-bond donors (Lipinski definition) is 4. The number of esters is 2. The lowest BCUT2D eigenvalue weighted by atomic mass is 9.90. The smallest absolute Gasteiger partial charge is 0.462 e. The van der Waals surface area contributed by atoms with Crippen LogP contribution in [-0.2, 0) is 37.5 Å². The highest BCUT2D eigenvalue weighted by Crippen LogP contribution is 2.43. The lowest BCUT2D eigenvalue weighted by molar-refractivity contribution is -0.161. The zero-order valence-electron chi connectivity index (χ0n) is 35.2. The molecule has 0 amide bonds. The third kappa shape index (κ3) is 29.6. The van der Waals surface area contributed by atoms with Crippen LogP contribution >= 0.6 is 7.82 Å². The number of phosphoric ester groups is 1. The molecular weight excluding hydrogens is 751 g/mol. The van der Waals surface area contributed by atoms with Crippen molar-refractivity contribution in [3.8, 4) is 0 Å². The highest BCUT2D eigenvalue weighted by Gasteiger charge is 2.28. The number of ether oxygens (including phenoxy) is 2. The van der Waals surface area contributed by atoms with Crippen LogP contribution in [-0.4, -0.2) is 82.7 Å². The molecule has 1 rings (SSSR count). The lowest BCUT2D eigenvalue weighted by Gasteiger charge is -2.20. The number of carbonyl (C=O) groups is 3. The molecule has 13 heteroatoms. The molecule has 0 bridgehead atoms. The molecular formula is C44H77O12P. The van der Waals surface area contributed by atoms with E-state index in [1.54, 1.807) is 12.2 Å². The van der Waals surface area contributed by atoms with Gasteiger partial charge in [-0.2, -0.15) is 0 Å². The van der Waals surface area contributed by atoms with Gasteiger partial charge in [0.2, 0.25) is 0 Å². The van der Waals surface area contributed by atoms with Crippen molar-refractivity contribution in [2.24, 2.45) is 11.8 Å². The van der Waals surface area contributed by atoms with Crippen LogP contribution in [0.1, 0.15) is 168 Å². The maximum atomic E-state index is 12.7. The van der Waals surface area contributed by atoms with Gasteiger partial charge in [-0.25, -0.2) is 4.57 Å². The first kappa shape index (κ1) is 52.8. The van der Waals surface area contributed by atoms with E-state index in [9.17, 15) is 34.1 Å². The largest absolute Gasteiger partial charge is 0.472 e. The van der Waals surface area contributed by atoms with Gasteiger partial charge < -0.3 is 29.7 Å². The van der Waals surface area contributed by atoms with E-state index >= 15 is 0 Å². The number of aliphatic hydroxyl groups excluding tert-OH is 3. The molecule has 0 aromatic heterocycles. The highest BCUT2D eigenvalue weighted by molar-refractivity contribution is 7.47. The van der Waals surface area contributed by atoms with Crippen LogP contribution in [0.25, 0.3) is 0 Å². The first-order valence-corrected chi connectivity index (χ1v) is 23.5. The molecule has 12 nitrogen and oxygen atoms in total. The van der Waals surface area contributed by atoms with E-state index in [-0.39, 0.29) is 37.1 Å². The van der Waals surface area contributed by atoms with Crippen LogP contribution in [0.4, 0.5) is 0 Å². The Morgan fingerprint density at radius 1 is 0.754 bits per heavy atom. The van der Waals surface area contributed by atoms with Crippen LogP contribution in [0.5, 0.6) is 0 Å². The molecule has 1 aliphatic carbocycles. The maximum Gasteiger partial charge on any atom is 0.472 e. The van der Waals surface area contributed by atoms with Gasteiger partial charge in [-0.1, -0.05) is 153 Å². The van der Waals surface area contributed by atoms with Crippen molar-refractivity contribution in [3.05, 3.63) is 36.5 Å². The summed E-state index contributed by atoms with van der Waals surface area (Å²) < 4.78 is 32.7. The second-order valence-electron chi connectivity index (χ2n) is 15.4. The molecule has 4 N–H and O–H groups in total. The summed E-state index contributed by atoms with van der Waals surface area (Å²) in [4.78, 5) is 47.5. The second-order valence-corrected chi connectivity index (χ2v) is 16.8. The number of hydrogen-bond acceptors (Lipinski definition) is 11. The number of allylic oxidation sites excluding steroid dienone is 5. The van der Waals surface area contributed by atoms with Crippen LogP contribution in [0.2, 0.25) is 0 Å². The number of unbranched alkanes of at least 4 members (excludes halogenated alkanes) is 17. The van der Waals surface area contributed by atoms with E-state index in [1.807, 2.05) is 24.3 Å². The first-order valence-electron chi connectivity index (χ1n) is 22.0. The third-order valence-corrected chi connectivity index (χ3v) is 11.0. The monoisotopic (exact) mass is 829 g/mol. The fraction of sp³-hybridized carbons (Fsp3) is 0.795. The molecule has 0 radical (unpaired) electrons. The normalized spacial score (nSPS) is 18.3. The number of phosphoric acid groups is 1. The van der Waals surface area contributed by atoms with E-state index in [2.05, 4.69) is 18.4 Å². The quantitative estimate of drug-likeness (QED) is 0.0200. The van der Waals surface area contributed by atoms with Crippen molar-refractivity contribution in [1.82, 2.24) is 0 Å². The average molecular weight is 829 g/mol. The number of aliphatic hydroxyl groups is 3. The molecule has 0 heterocycles. The Morgan fingerprint density at radius 2 is 1.32 bits per heavy atom. The number of carbonyl (C=O) groups excluding carboxylic acids is 3. The predicted octanol–water partition coefficient (Wildman–Crippen LogP) is 9.18. The van der Waals surface area contributed by atoms with Crippen molar-refractivity contribution < 1.29 is 57.7 Å². The van der Waals surface area contributed by atoms with Gasteiger partial charge in [0.05, 0.1) is 25.9 Å². The second kappa shape index (κ2) is 34.7. The molecule has 0 aliphatic heterocycles. The molecule has 0 saturated carbocycles. The fourth-order valence-electron chi connectivity index (χ4n) is 6.51. The zero-order valence-corrected chi connectivity index (χ0v) is 36.0. The standard InChI is InChI=1S/C44H77O12P/c1-3-5-7-8-9-10-11-12-13-14-15-16-17-18-23-27-43(49)53-35-40(36-55-57(51,52)54-34-39(47)33-45)56-44(50)28-24-20-19-22-25-37-29-32-42(48)41(37)31-30-38(46)26-21-6-4-2/h19,22,29-32,37-41,45-47H,3-18,20-21,23-28,33-36H2,1-2H3,(H,51,52)/b22-19-,31-30+/t37-,38-,39-,40+,41+/m0/s1. The van der Waals surface area contributed by atoms with Crippen LogP contribution < -0.4 is 0 Å². The molecule has 1 aliphatic rings. The van der Waals surface area contributed by atoms with Crippen LogP contribution in [0, 0.1) is 11.8 Å². The van der Waals surface area contributed by atoms with Crippen molar-refractivity contribution in [1.29, 1.82) is 0 Å². The van der Waals surface area contributed by atoms with E-state index in [4.69, 9.17) is 19.1 Å². The first-order chi connectivity index (χ1) is 27.5. The van der Waals surface area contributed by atoms with Crippen LogP contribution in [0.15, 0.2) is 36.5 Å². The lowest BCUT2D eigenvalue weighted by Crippen LogP contribution is -2.29. The van der Waals surface area contributed by atoms with Gasteiger partial charge in [0.1, 0.15) is 12.7 Å². The summed E-state index contributed by atoms with van der Waals surface area (Å²) in [6.45, 7) is 2.06. The summed E-state index contributed by atoms with van der Waals surface area (Å²) in [6.07, 6.45) is 31.7. The SMILES string of the molecule is CCCCCCCCCCCCCCCCCC(=O)OC[C@H](COP(=O)(O)OC[C@@H](O)CO)OC(=O)CCC/C=C\C[C@H]1C=CC(=O)[C@@H]1/C=C/[C@@H](O)CCCCC. The van der Waals surface area contributed by atoms with Gasteiger partial charge in [0.25, 0.3) is 0 Å². The van der Waals surface area contributed by atoms with Crippen molar-refractivity contribution >= 4 is 25.5 Å². The minimum absolute atomic E-state index is 0.00105. The summed E-state index contributed by atoms with van der Waals surface area (Å²) in [6, 6.07) is 0. The summed E-state index contributed by atoms with van der Waals surface area (Å²) >= 11 is 0. The summed E-state index contributed by atoms with van der Waals surface area (Å²) in [5, 5.41) is 28.6. The molecule has 1 unspecified atom stereocenters. The maximum absolute atomic E-state index is 12.7. The van der Waals surface area contributed by atoms with Gasteiger partial charge in [0.15, 0.2) is 11.9 Å². The van der Waals surface area contributed by atoms with E-state index in [1.165, 1.54) is 70.6 Å². The van der Waals surface area contributed by atoms with Gasteiger partial charge in [-0.3, -0.25) is 23.4 Å². The van der Waals surface area contributed by atoms with Gasteiger partial charge in [0, 0.05) is 18.8 Å². The Hall–Kier alpha value is -2.18. The summed E-state index contributed by atoms with van der Waals surface area (Å²) in [5.41, 5.74) is 0. The minimum atomic E-state index is -4.67. The van der Waals surface area contributed by atoms with Crippen molar-refractivity contribution in [2.45, 2.75) is 186 Å². The van der Waals surface area contributed by atoms with Crippen molar-refractivity contribution in [3.63, 3.8) is 0 Å². The topological polar surface area (TPSA) is 186 Å². The van der Waals surface area contributed by atoms with Gasteiger partial charge in [-0.15, -0.1) is 0 Å². The molecule has 0 spiro atoms. The Labute approximate surface area is 343 Å². The van der Waals surface area contributed by atoms with Gasteiger partial charge in [-0.05, 0) is 44.1 Å². The van der Waals surface area contributed by atoms with Crippen molar-refractivity contribution in [2.75, 3.05) is 26.4 Å². The minimum Gasteiger partial charge on any atom is -0.462 e. The third-order valence-electron chi connectivity index (χ3n) is 10.0. The molecule has 0 aromatic rings. The molecule has 57 heavy (non-hydrogen) atoms. The van der Waals surface area contributed by atoms with Gasteiger partial charge >= 0.3 is 19.8 Å². The van der Waals surface area contributed by atoms with E-state index in [0.29, 0.717) is 32.1 Å². The molecule has 330 valence electrons. The molecule has 6 atom stereocenters. The molecule has 0 saturated heterocycles. The number of ketones is 1. The predicted molar refractivity (Wildman–Crippen MR) is 223 cm³/mol. The Morgan fingerprint density at radius 3 is 1.93 bits per heavy atom.